The highest BCUT2D eigenvalue weighted by molar-refractivity contribution is 9.10. The quantitative estimate of drug-likeness (QED) is 0.872. The zero-order valence-corrected chi connectivity index (χ0v) is 11.4. The van der Waals surface area contributed by atoms with Crippen molar-refractivity contribution < 1.29 is 9.13 Å². The minimum Gasteiger partial charge on any atom is -0.383 e. The smallest absolute Gasteiger partial charge is 0.168 e. The van der Waals surface area contributed by atoms with Gasteiger partial charge in [0.25, 0.3) is 0 Å². The molecule has 1 saturated carbocycles. The molecule has 1 heterocycles. The Balaban J connectivity index is 2.31. The second-order valence-corrected chi connectivity index (χ2v) is 5.25. The summed E-state index contributed by atoms with van der Waals surface area (Å²) in [6, 6.07) is 0. The molecule has 6 heteroatoms. The van der Waals surface area contributed by atoms with E-state index in [9.17, 15) is 4.39 Å². The van der Waals surface area contributed by atoms with Crippen LogP contribution in [0.1, 0.15) is 18.5 Å². The van der Waals surface area contributed by atoms with Gasteiger partial charge in [0.1, 0.15) is 0 Å². The molecule has 1 aliphatic carbocycles. The van der Waals surface area contributed by atoms with E-state index in [1.165, 1.54) is 0 Å². The van der Waals surface area contributed by atoms with Gasteiger partial charge < -0.3 is 10.5 Å². The maximum atomic E-state index is 15.0. The number of aromatic nitrogens is 2. The average Bonchev–Trinajstić information content (AvgIpc) is 3.11. The molecule has 1 unspecified atom stereocenters. The Hall–Kier alpha value is -0.460. The van der Waals surface area contributed by atoms with Gasteiger partial charge in [-0.3, -0.25) is 4.68 Å². The first-order valence-corrected chi connectivity index (χ1v) is 6.52. The Morgan fingerprint density at radius 2 is 2.41 bits per heavy atom. The summed E-state index contributed by atoms with van der Waals surface area (Å²) >= 11 is 3.36. The van der Waals surface area contributed by atoms with Crippen LogP contribution in [0.2, 0.25) is 0 Å². The maximum absolute atomic E-state index is 15.0. The predicted octanol–water partition coefficient (Wildman–Crippen LogP) is 1.83. The van der Waals surface area contributed by atoms with E-state index in [0.717, 1.165) is 12.8 Å². The molecule has 0 spiro atoms. The Bertz CT molecular complexity index is 394. The fourth-order valence-electron chi connectivity index (χ4n) is 2.12. The van der Waals surface area contributed by atoms with Crippen molar-refractivity contribution in [3.63, 3.8) is 0 Å². The van der Waals surface area contributed by atoms with E-state index >= 15 is 0 Å². The van der Waals surface area contributed by atoms with Crippen LogP contribution in [0.4, 0.5) is 4.39 Å². The van der Waals surface area contributed by atoms with Gasteiger partial charge in [-0.15, -0.1) is 0 Å². The van der Waals surface area contributed by atoms with Crippen molar-refractivity contribution in [2.24, 2.45) is 11.7 Å². The highest BCUT2D eigenvalue weighted by Crippen LogP contribution is 2.49. The number of rotatable bonds is 6. The van der Waals surface area contributed by atoms with E-state index in [1.54, 1.807) is 18.0 Å². The third kappa shape index (κ3) is 2.39. The van der Waals surface area contributed by atoms with E-state index in [0.29, 0.717) is 23.3 Å². The number of hydrogen-bond donors (Lipinski definition) is 1. The average molecular weight is 306 g/mol. The van der Waals surface area contributed by atoms with E-state index < -0.39 is 5.67 Å². The molecular formula is C11H17BrFN3O. The Labute approximate surface area is 108 Å². The number of methoxy groups -OCH3 is 1. The molecule has 1 aromatic rings. The molecule has 4 nitrogen and oxygen atoms in total. The van der Waals surface area contributed by atoms with Crippen LogP contribution in [0.15, 0.2) is 10.7 Å². The fourth-order valence-corrected chi connectivity index (χ4v) is 2.75. The molecule has 1 aromatic heterocycles. The van der Waals surface area contributed by atoms with Crippen molar-refractivity contribution in [3.8, 4) is 0 Å². The lowest BCUT2D eigenvalue weighted by Crippen LogP contribution is -2.36. The molecule has 0 aliphatic heterocycles. The van der Waals surface area contributed by atoms with Crippen molar-refractivity contribution in [2.45, 2.75) is 25.1 Å². The summed E-state index contributed by atoms with van der Waals surface area (Å²) in [6.07, 6.45) is 3.42. The van der Waals surface area contributed by atoms with E-state index in [-0.39, 0.29) is 12.5 Å². The van der Waals surface area contributed by atoms with Crippen molar-refractivity contribution in [1.82, 2.24) is 9.78 Å². The van der Waals surface area contributed by atoms with Crippen LogP contribution in [-0.4, -0.2) is 30.0 Å². The largest absolute Gasteiger partial charge is 0.383 e. The molecule has 96 valence electrons. The lowest BCUT2D eigenvalue weighted by Gasteiger charge is -2.25. The predicted molar refractivity (Wildman–Crippen MR) is 66.4 cm³/mol. The molecule has 2 N–H and O–H groups in total. The fraction of sp³-hybridized carbons (Fsp3) is 0.727. The maximum Gasteiger partial charge on any atom is 0.168 e. The summed E-state index contributed by atoms with van der Waals surface area (Å²) in [7, 11) is 1.62. The highest BCUT2D eigenvalue weighted by Gasteiger charge is 2.49. The summed E-state index contributed by atoms with van der Waals surface area (Å²) in [4.78, 5) is 0. The van der Waals surface area contributed by atoms with Gasteiger partial charge in [-0.25, -0.2) is 4.39 Å². The summed E-state index contributed by atoms with van der Waals surface area (Å²) in [5, 5.41) is 4.17. The second-order valence-electron chi connectivity index (χ2n) is 4.40. The van der Waals surface area contributed by atoms with Gasteiger partial charge in [-0.1, -0.05) is 0 Å². The molecule has 0 saturated heterocycles. The minimum atomic E-state index is -1.47. The normalized spacial score (nSPS) is 19.3. The van der Waals surface area contributed by atoms with Gasteiger partial charge >= 0.3 is 0 Å². The van der Waals surface area contributed by atoms with Crippen LogP contribution in [0.3, 0.4) is 0 Å². The molecule has 2 rings (SSSR count). The third-order valence-corrected chi connectivity index (χ3v) is 3.80. The highest BCUT2D eigenvalue weighted by atomic mass is 79.9. The van der Waals surface area contributed by atoms with Crippen LogP contribution < -0.4 is 5.73 Å². The summed E-state index contributed by atoms with van der Waals surface area (Å²) in [5.41, 5.74) is 4.72. The Kier molecular flexibility index (Phi) is 3.85. The first-order valence-electron chi connectivity index (χ1n) is 5.73. The summed E-state index contributed by atoms with van der Waals surface area (Å²) in [5.74, 6) is 0.0294. The SMILES string of the molecule is COCCn1ncc(Br)c1C(F)(CN)C1CC1. The lowest BCUT2D eigenvalue weighted by molar-refractivity contribution is 0.121. The Morgan fingerprint density at radius 1 is 1.71 bits per heavy atom. The summed E-state index contributed by atoms with van der Waals surface area (Å²) in [6.45, 7) is 1.04. The van der Waals surface area contributed by atoms with Gasteiger partial charge in [-0.05, 0) is 28.8 Å². The van der Waals surface area contributed by atoms with Gasteiger partial charge in [0.05, 0.1) is 29.5 Å². The number of hydrogen-bond acceptors (Lipinski definition) is 3. The van der Waals surface area contributed by atoms with Crippen LogP contribution >= 0.6 is 15.9 Å². The minimum absolute atomic E-state index is 0.00502. The molecule has 1 fully saturated rings. The molecule has 0 bridgehead atoms. The molecule has 0 radical (unpaired) electrons. The van der Waals surface area contributed by atoms with Crippen molar-refractivity contribution in [1.29, 1.82) is 0 Å². The van der Waals surface area contributed by atoms with Gasteiger partial charge in [-0.2, -0.15) is 5.10 Å². The monoisotopic (exact) mass is 305 g/mol. The zero-order chi connectivity index (χ0) is 12.5. The topological polar surface area (TPSA) is 53.1 Å². The van der Waals surface area contributed by atoms with Crippen LogP contribution in [0.5, 0.6) is 0 Å². The van der Waals surface area contributed by atoms with E-state index in [2.05, 4.69) is 21.0 Å². The standard InChI is InChI=1S/C11H17BrFN3O/c1-17-5-4-16-10(9(12)6-15-16)11(13,7-14)8-2-3-8/h6,8H,2-5,7,14H2,1H3. The van der Waals surface area contributed by atoms with E-state index in [4.69, 9.17) is 10.5 Å². The van der Waals surface area contributed by atoms with Crippen LogP contribution in [0.25, 0.3) is 0 Å². The summed E-state index contributed by atoms with van der Waals surface area (Å²) < 4.78 is 22.3. The van der Waals surface area contributed by atoms with Gasteiger partial charge in [0.15, 0.2) is 5.67 Å². The van der Waals surface area contributed by atoms with Gasteiger partial charge in [0.2, 0.25) is 0 Å². The number of nitrogens with two attached hydrogens (primary N) is 1. The number of alkyl halides is 1. The number of halogens is 2. The van der Waals surface area contributed by atoms with Crippen molar-refractivity contribution >= 4 is 15.9 Å². The molecule has 0 amide bonds. The number of ether oxygens (including phenoxy) is 1. The second kappa shape index (κ2) is 5.04. The van der Waals surface area contributed by atoms with Gasteiger partial charge in [0, 0.05) is 19.6 Å². The first kappa shape index (κ1) is 13.0. The van der Waals surface area contributed by atoms with Crippen molar-refractivity contribution in [2.75, 3.05) is 20.3 Å². The molecule has 17 heavy (non-hydrogen) atoms. The third-order valence-electron chi connectivity index (χ3n) is 3.22. The van der Waals surface area contributed by atoms with Crippen molar-refractivity contribution in [3.05, 3.63) is 16.4 Å². The number of nitrogens with zero attached hydrogens (tertiary/aromatic N) is 2. The lowest BCUT2D eigenvalue weighted by atomic mass is 9.96. The molecule has 1 aliphatic rings. The zero-order valence-electron chi connectivity index (χ0n) is 9.83. The Morgan fingerprint density at radius 3 is 2.94 bits per heavy atom. The van der Waals surface area contributed by atoms with Crippen LogP contribution in [0, 0.1) is 5.92 Å². The van der Waals surface area contributed by atoms with E-state index in [1.807, 2.05) is 0 Å². The molecule has 0 aromatic carbocycles. The first-order chi connectivity index (χ1) is 8.13. The molecule has 1 atom stereocenters. The van der Waals surface area contributed by atoms with Crippen LogP contribution in [-0.2, 0) is 17.0 Å². The molecular weight excluding hydrogens is 289 g/mol.